The lowest BCUT2D eigenvalue weighted by atomic mass is 10.3. The molecule has 1 N–H and O–H groups in total. The molecular weight excluding hydrogens is 320 g/mol. The van der Waals surface area contributed by atoms with Crippen molar-refractivity contribution in [1.82, 2.24) is 15.3 Å². The fourth-order valence-corrected chi connectivity index (χ4v) is 2.22. The molecule has 134 valence electrons. The van der Waals surface area contributed by atoms with E-state index in [1.165, 1.54) is 0 Å². The zero-order chi connectivity index (χ0) is 18.1. The van der Waals surface area contributed by atoms with Crippen molar-refractivity contribution in [2.45, 2.75) is 13.8 Å². The van der Waals surface area contributed by atoms with Crippen LogP contribution in [0, 0.1) is 0 Å². The minimum absolute atomic E-state index is 0.218. The highest BCUT2D eigenvalue weighted by Crippen LogP contribution is 2.16. The molecule has 0 aliphatic heterocycles. The minimum atomic E-state index is -0.218. The fourth-order valence-electron chi connectivity index (χ4n) is 2.22. The molecule has 2 rings (SSSR count). The molecule has 1 heterocycles. The Bertz CT molecular complexity index is 655. The molecule has 0 radical (unpaired) electrons. The van der Waals surface area contributed by atoms with Crippen LogP contribution in [0.25, 0.3) is 0 Å². The van der Waals surface area contributed by atoms with Crippen LogP contribution in [0.3, 0.4) is 0 Å². The van der Waals surface area contributed by atoms with Gasteiger partial charge in [-0.15, -0.1) is 0 Å². The maximum atomic E-state index is 12.1. The summed E-state index contributed by atoms with van der Waals surface area (Å²) in [7, 11) is 1.61. The number of hydrogen-bond donors (Lipinski definition) is 1. The van der Waals surface area contributed by atoms with Crippen molar-refractivity contribution in [1.29, 1.82) is 0 Å². The highest BCUT2D eigenvalue weighted by molar-refractivity contribution is 5.93. The number of methoxy groups -OCH3 is 1. The van der Waals surface area contributed by atoms with Gasteiger partial charge in [0.05, 0.1) is 19.2 Å². The summed E-state index contributed by atoms with van der Waals surface area (Å²) < 4.78 is 10.6. The molecule has 25 heavy (non-hydrogen) atoms. The number of rotatable bonds is 9. The summed E-state index contributed by atoms with van der Waals surface area (Å²) in [6.07, 6.45) is 3.08. The Hall–Kier alpha value is -2.83. The number of aromatic nitrogens is 2. The van der Waals surface area contributed by atoms with Crippen LogP contribution in [0.15, 0.2) is 36.7 Å². The van der Waals surface area contributed by atoms with Crippen LogP contribution >= 0.6 is 0 Å². The average molecular weight is 344 g/mol. The van der Waals surface area contributed by atoms with Gasteiger partial charge in [0, 0.05) is 25.5 Å². The van der Waals surface area contributed by atoms with Crippen LogP contribution in [0.2, 0.25) is 0 Å². The first-order valence-electron chi connectivity index (χ1n) is 8.30. The first-order chi connectivity index (χ1) is 12.2. The lowest BCUT2D eigenvalue weighted by Gasteiger charge is -2.18. The van der Waals surface area contributed by atoms with E-state index in [2.05, 4.69) is 15.3 Å². The second-order valence-corrected chi connectivity index (χ2v) is 5.22. The predicted molar refractivity (Wildman–Crippen MR) is 96.4 cm³/mol. The number of amides is 1. The fraction of sp³-hybridized carbons (Fsp3) is 0.389. The maximum Gasteiger partial charge on any atom is 0.254 e. The Labute approximate surface area is 148 Å². The zero-order valence-corrected chi connectivity index (χ0v) is 14.9. The summed E-state index contributed by atoms with van der Waals surface area (Å²) >= 11 is 0. The van der Waals surface area contributed by atoms with E-state index in [9.17, 15) is 4.79 Å². The third-order valence-electron chi connectivity index (χ3n) is 3.66. The lowest BCUT2D eigenvalue weighted by molar-refractivity contribution is 0.0946. The molecular formula is C18H24N4O3. The Morgan fingerprint density at radius 2 is 1.68 bits per heavy atom. The second kappa shape index (κ2) is 9.46. The molecule has 2 aromatic rings. The number of nitrogens with zero attached hydrogens (tertiary/aromatic N) is 3. The van der Waals surface area contributed by atoms with Gasteiger partial charge in [-0.25, -0.2) is 9.97 Å². The molecule has 0 fully saturated rings. The summed E-state index contributed by atoms with van der Waals surface area (Å²) in [5.74, 6) is 1.91. The first-order valence-corrected chi connectivity index (χ1v) is 8.30. The molecule has 0 unspecified atom stereocenters. The quantitative estimate of drug-likeness (QED) is 0.703. The standard InChI is InChI=1S/C18H24N4O3/c1-4-22(5-2)18-20-12-14(13-21-18)17(23)19-10-11-25-16-8-6-15(24-3)7-9-16/h6-9,12-13H,4-5,10-11H2,1-3H3,(H,19,23). The van der Waals surface area contributed by atoms with E-state index in [0.29, 0.717) is 24.7 Å². The first kappa shape index (κ1) is 18.5. The van der Waals surface area contributed by atoms with E-state index in [1.807, 2.05) is 43.0 Å². The van der Waals surface area contributed by atoms with E-state index in [-0.39, 0.29) is 5.91 Å². The number of carbonyl (C=O) groups excluding carboxylic acids is 1. The van der Waals surface area contributed by atoms with Crippen LogP contribution in [0.1, 0.15) is 24.2 Å². The third kappa shape index (κ3) is 5.34. The van der Waals surface area contributed by atoms with Gasteiger partial charge >= 0.3 is 0 Å². The normalized spacial score (nSPS) is 10.2. The van der Waals surface area contributed by atoms with Gasteiger partial charge in [0.25, 0.3) is 5.91 Å². The highest BCUT2D eigenvalue weighted by Gasteiger charge is 2.09. The van der Waals surface area contributed by atoms with Crippen molar-refractivity contribution in [3.63, 3.8) is 0 Å². The van der Waals surface area contributed by atoms with Crippen molar-refractivity contribution in [3.8, 4) is 11.5 Å². The molecule has 0 atom stereocenters. The van der Waals surface area contributed by atoms with Crippen LogP contribution in [-0.4, -0.2) is 49.2 Å². The molecule has 1 amide bonds. The monoisotopic (exact) mass is 344 g/mol. The van der Waals surface area contributed by atoms with Crippen LogP contribution in [0.5, 0.6) is 11.5 Å². The Kier molecular flexibility index (Phi) is 7.00. The molecule has 1 aromatic heterocycles. The maximum absolute atomic E-state index is 12.1. The van der Waals surface area contributed by atoms with Gasteiger partial charge in [-0.2, -0.15) is 0 Å². The number of ether oxygens (including phenoxy) is 2. The zero-order valence-electron chi connectivity index (χ0n) is 14.9. The number of nitrogens with one attached hydrogen (secondary N) is 1. The summed E-state index contributed by atoms with van der Waals surface area (Å²) in [5.41, 5.74) is 0.431. The summed E-state index contributed by atoms with van der Waals surface area (Å²) in [6, 6.07) is 7.28. The molecule has 0 aliphatic carbocycles. The number of hydrogen-bond acceptors (Lipinski definition) is 6. The van der Waals surface area contributed by atoms with Gasteiger partial charge in [0.2, 0.25) is 5.95 Å². The number of carbonyl (C=O) groups is 1. The molecule has 7 nitrogen and oxygen atoms in total. The number of anilines is 1. The van der Waals surface area contributed by atoms with Crippen molar-refractivity contribution < 1.29 is 14.3 Å². The van der Waals surface area contributed by atoms with Gasteiger partial charge < -0.3 is 19.7 Å². The van der Waals surface area contributed by atoms with Gasteiger partial charge in [0.15, 0.2) is 0 Å². The molecule has 0 aliphatic rings. The molecule has 0 spiro atoms. The van der Waals surface area contributed by atoms with E-state index in [1.54, 1.807) is 19.5 Å². The van der Waals surface area contributed by atoms with Crippen molar-refractivity contribution in [3.05, 3.63) is 42.2 Å². The van der Waals surface area contributed by atoms with Crippen molar-refractivity contribution >= 4 is 11.9 Å². The minimum Gasteiger partial charge on any atom is -0.497 e. The predicted octanol–water partition coefficient (Wildman–Crippen LogP) is 2.14. The van der Waals surface area contributed by atoms with Crippen LogP contribution < -0.4 is 19.7 Å². The lowest BCUT2D eigenvalue weighted by Crippen LogP contribution is -2.29. The second-order valence-electron chi connectivity index (χ2n) is 5.22. The van der Waals surface area contributed by atoms with Crippen LogP contribution in [-0.2, 0) is 0 Å². The third-order valence-corrected chi connectivity index (χ3v) is 3.66. The highest BCUT2D eigenvalue weighted by atomic mass is 16.5. The van der Waals surface area contributed by atoms with Gasteiger partial charge in [-0.05, 0) is 38.1 Å². The molecule has 0 bridgehead atoms. The molecule has 7 heteroatoms. The van der Waals surface area contributed by atoms with Gasteiger partial charge in [0.1, 0.15) is 18.1 Å². The van der Waals surface area contributed by atoms with Gasteiger partial charge in [-0.3, -0.25) is 4.79 Å². The molecule has 0 saturated heterocycles. The van der Waals surface area contributed by atoms with E-state index in [0.717, 1.165) is 24.6 Å². The van der Waals surface area contributed by atoms with E-state index >= 15 is 0 Å². The summed E-state index contributed by atoms with van der Waals surface area (Å²) in [6.45, 7) is 6.49. The molecule has 0 saturated carbocycles. The van der Waals surface area contributed by atoms with Crippen molar-refractivity contribution in [2.24, 2.45) is 0 Å². The van der Waals surface area contributed by atoms with Gasteiger partial charge in [-0.1, -0.05) is 0 Å². The Morgan fingerprint density at radius 1 is 1.08 bits per heavy atom. The topological polar surface area (TPSA) is 76.6 Å². The SMILES string of the molecule is CCN(CC)c1ncc(C(=O)NCCOc2ccc(OC)cc2)cn1. The number of benzene rings is 1. The van der Waals surface area contributed by atoms with E-state index in [4.69, 9.17) is 9.47 Å². The van der Waals surface area contributed by atoms with Crippen molar-refractivity contribution in [2.75, 3.05) is 38.3 Å². The largest absolute Gasteiger partial charge is 0.497 e. The summed E-state index contributed by atoms with van der Waals surface area (Å²) in [4.78, 5) is 22.6. The Balaban J connectivity index is 1.77. The van der Waals surface area contributed by atoms with Crippen LogP contribution in [0.4, 0.5) is 5.95 Å². The smallest absolute Gasteiger partial charge is 0.254 e. The molecule has 1 aromatic carbocycles. The summed E-state index contributed by atoms with van der Waals surface area (Å²) in [5, 5.41) is 2.79. The van der Waals surface area contributed by atoms with E-state index < -0.39 is 0 Å². The Morgan fingerprint density at radius 3 is 2.24 bits per heavy atom. The average Bonchev–Trinajstić information content (AvgIpc) is 2.67.